The Morgan fingerprint density at radius 2 is 2.26 bits per heavy atom. The molecule has 1 aliphatic carbocycles. The van der Waals surface area contributed by atoms with Crippen LogP contribution in [0.5, 0.6) is 5.75 Å². The lowest BCUT2D eigenvalue weighted by Crippen LogP contribution is -2.05. The van der Waals surface area contributed by atoms with E-state index >= 15 is 0 Å². The minimum atomic E-state index is 0.674. The highest BCUT2D eigenvalue weighted by Crippen LogP contribution is 2.34. The molecule has 0 unspecified atom stereocenters. The SMILES string of the molecule is COc1ccc(N)cc1-c1nnnn1CCC1CC1. The molecule has 0 spiro atoms. The zero-order valence-electron chi connectivity index (χ0n) is 10.9. The van der Waals surface area contributed by atoms with Gasteiger partial charge in [-0.15, -0.1) is 5.10 Å². The zero-order chi connectivity index (χ0) is 13.2. The van der Waals surface area contributed by atoms with Gasteiger partial charge in [-0.1, -0.05) is 12.8 Å². The second kappa shape index (κ2) is 4.87. The fraction of sp³-hybridized carbons (Fsp3) is 0.462. The fourth-order valence-corrected chi connectivity index (χ4v) is 2.16. The summed E-state index contributed by atoms with van der Waals surface area (Å²) in [7, 11) is 1.63. The first-order valence-electron chi connectivity index (χ1n) is 6.48. The van der Waals surface area contributed by atoms with Gasteiger partial charge in [0, 0.05) is 12.2 Å². The first-order chi connectivity index (χ1) is 9.28. The van der Waals surface area contributed by atoms with Gasteiger partial charge >= 0.3 is 0 Å². The van der Waals surface area contributed by atoms with E-state index < -0.39 is 0 Å². The number of nitrogens with zero attached hydrogens (tertiary/aromatic N) is 4. The monoisotopic (exact) mass is 259 g/mol. The van der Waals surface area contributed by atoms with E-state index in [1.165, 1.54) is 12.8 Å². The van der Waals surface area contributed by atoms with E-state index in [0.29, 0.717) is 11.5 Å². The number of hydrogen-bond acceptors (Lipinski definition) is 5. The smallest absolute Gasteiger partial charge is 0.185 e. The summed E-state index contributed by atoms with van der Waals surface area (Å²) < 4.78 is 7.18. The first-order valence-corrected chi connectivity index (χ1v) is 6.48. The number of methoxy groups -OCH3 is 1. The quantitative estimate of drug-likeness (QED) is 0.827. The highest BCUT2D eigenvalue weighted by atomic mass is 16.5. The molecule has 1 aromatic heterocycles. The average Bonchev–Trinajstić information content (AvgIpc) is 3.13. The Morgan fingerprint density at radius 1 is 1.42 bits per heavy atom. The number of aryl methyl sites for hydroxylation is 1. The van der Waals surface area contributed by atoms with Gasteiger partial charge in [0.15, 0.2) is 5.82 Å². The second-order valence-corrected chi connectivity index (χ2v) is 4.92. The van der Waals surface area contributed by atoms with Gasteiger partial charge < -0.3 is 10.5 Å². The number of anilines is 1. The number of rotatable bonds is 5. The molecule has 1 saturated carbocycles. The summed E-state index contributed by atoms with van der Waals surface area (Å²) >= 11 is 0. The van der Waals surface area contributed by atoms with Gasteiger partial charge in [-0.05, 0) is 41.0 Å². The molecule has 0 bridgehead atoms. The standard InChI is InChI=1S/C13H17N5O/c1-19-12-5-4-10(14)8-11(12)13-15-16-17-18(13)7-6-9-2-3-9/h4-5,8-9H,2-3,6-7,14H2,1H3. The predicted molar refractivity (Wildman–Crippen MR) is 71.6 cm³/mol. The van der Waals surface area contributed by atoms with Crippen LogP contribution in [0, 0.1) is 5.92 Å². The molecule has 2 aromatic rings. The van der Waals surface area contributed by atoms with Crippen molar-refractivity contribution in [3.8, 4) is 17.1 Å². The van der Waals surface area contributed by atoms with Gasteiger partial charge in [0.05, 0.1) is 12.7 Å². The van der Waals surface area contributed by atoms with E-state index in [0.717, 1.165) is 30.2 Å². The predicted octanol–water partition coefficient (Wildman–Crippen LogP) is 1.73. The molecule has 1 aromatic carbocycles. The maximum absolute atomic E-state index is 5.84. The van der Waals surface area contributed by atoms with Gasteiger partial charge in [0.2, 0.25) is 0 Å². The Morgan fingerprint density at radius 3 is 3.00 bits per heavy atom. The lowest BCUT2D eigenvalue weighted by Gasteiger charge is -2.09. The van der Waals surface area contributed by atoms with E-state index in [9.17, 15) is 0 Å². The minimum absolute atomic E-state index is 0.674. The van der Waals surface area contributed by atoms with Crippen molar-refractivity contribution in [1.82, 2.24) is 20.2 Å². The summed E-state index contributed by atoms with van der Waals surface area (Å²) in [5.41, 5.74) is 7.35. The van der Waals surface area contributed by atoms with Crippen LogP contribution in [0.15, 0.2) is 18.2 Å². The molecular weight excluding hydrogens is 242 g/mol. The van der Waals surface area contributed by atoms with Crippen LogP contribution in [0.25, 0.3) is 11.4 Å². The van der Waals surface area contributed by atoms with Gasteiger partial charge in [-0.25, -0.2) is 4.68 Å². The fourth-order valence-electron chi connectivity index (χ4n) is 2.16. The molecule has 0 saturated heterocycles. The summed E-state index contributed by atoms with van der Waals surface area (Å²) in [5, 5.41) is 11.9. The van der Waals surface area contributed by atoms with E-state index in [2.05, 4.69) is 15.5 Å². The molecule has 100 valence electrons. The molecule has 2 N–H and O–H groups in total. The van der Waals surface area contributed by atoms with Gasteiger partial charge in [0.25, 0.3) is 0 Å². The second-order valence-electron chi connectivity index (χ2n) is 4.92. The first kappa shape index (κ1) is 12.0. The van der Waals surface area contributed by atoms with Gasteiger partial charge in [-0.2, -0.15) is 0 Å². The summed E-state index contributed by atoms with van der Waals surface area (Å²) in [6, 6.07) is 5.49. The Bertz CT molecular complexity index is 576. The summed E-state index contributed by atoms with van der Waals surface area (Å²) in [5.74, 6) is 2.29. The molecule has 0 radical (unpaired) electrons. The number of hydrogen-bond donors (Lipinski definition) is 1. The van der Waals surface area contributed by atoms with Crippen molar-refractivity contribution in [3.63, 3.8) is 0 Å². The number of tetrazole rings is 1. The normalized spacial score (nSPS) is 14.6. The third-order valence-corrected chi connectivity index (χ3v) is 3.44. The van der Waals surface area contributed by atoms with E-state index in [1.807, 2.05) is 16.8 Å². The average molecular weight is 259 g/mol. The lowest BCUT2D eigenvalue weighted by atomic mass is 10.1. The van der Waals surface area contributed by atoms with Crippen LogP contribution in [0.1, 0.15) is 19.3 Å². The largest absolute Gasteiger partial charge is 0.496 e. The molecule has 6 nitrogen and oxygen atoms in total. The van der Waals surface area contributed by atoms with Gasteiger partial charge in [-0.3, -0.25) is 0 Å². The van der Waals surface area contributed by atoms with Gasteiger partial charge in [0.1, 0.15) is 5.75 Å². The van der Waals surface area contributed by atoms with Crippen molar-refractivity contribution >= 4 is 5.69 Å². The zero-order valence-corrected chi connectivity index (χ0v) is 10.9. The Balaban J connectivity index is 1.92. The third-order valence-electron chi connectivity index (χ3n) is 3.44. The van der Waals surface area contributed by atoms with Crippen molar-refractivity contribution in [1.29, 1.82) is 0 Å². The molecule has 0 atom stereocenters. The Labute approximate surface area is 111 Å². The summed E-state index contributed by atoms with van der Waals surface area (Å²) in [6.45, 7) is 0.838. The number of nitrogen functional groups attached to an aromatic ring is 1. The van der Waals surface area contributed by atoms with E-state index in [4.69, 9.17) is 10.5 Å². The third kappa shape index (κ3) is 2.52. The highest BCUT2D eigenvalue weighted by Gasteiger charge is 2.22. The molecule has 19 heavy (non-hydrogen) atoms. The minimum Gasteiger partial charge on any atom is -0.496 e. The molecule has 1 aliphatic rings. The molecule has 1 fully saturated rings. The van der Waals surface area contributed by atoms with Crippen LogP contribution in [0.2, 0.25) is 0 Å². The lowest BCUT2D eigenvalue weighted by molar-refractivity contribution is 0.415. The number of nitrogens with two attached hydrogens (primary N) is 1. The number of aromatic nitrogens is 4. The van der Waals surface area contributed by atoms with Crippen molar-refractivity contribution in [2.75, 3.05) is 12.8 Å². The Kier molecular flexibility index (Phi) is 3.06. The van der Waals surface area contributed by atoms with Crippen LogP contribution in [0.3, 0.4) is 0 Å². The number of ether oxygens (including phenoxy) is 1. The van der Waals surface area contributed by atoms with Crippen LogP contribution < -0.4 is 10.5 Å². The van der Waals surface area contributed by atoms with Crippen molar-refractivity contribution < 1.29 is 4.74 Å². The van der Waals surface area contributed by atoms with Crippen molar-refractivity contribution in [2.45, 2.75) is 25.8 Å². The van der Waals surface area contributed by atoms with Crippen LogP contribution >= 0.6 is 0 Å². The maximum atomic E-state index is 5.84. The molecular formula is C13H17N5O. The highest BCUT2D eigenvalue weighted by molar-refractivity contribution is 5.68. The summed E-state index contributed by atoms with van der Waals surface area (Å²) in [6.07, 6.45) is 3.79. The molecule has 0 aliphatic heterocycles. The molecule has 3 rings (SSSR count). The summed E-state index contributed by atoms with van der Waals surface area (Å²) in [4.78, 5) is 0. The molecule has 0 amide bonds. The topological polar surface area (TPSA) is 78.8 Å². The Hall–Kier alpha value is -2.11. The molecule has 6 heteroatoms. The maximum Gasteiger partial charge on any atom is 0.185 e. The van der Waals surface area contributed by atoms with E-state index in [-0.39, 0.29) is 0 Å². The van der Waals surface area contributed by atoms with Crippen LogP contribution in [-0.2, 0) is 6.54 Å². The molecule has 1 heterocycles. The van der Waals surface area contributed by atoms with Crippen LogP contribution in [-0.4, -0.2) is 27.3 Å². The van der Waals surface area contributed by atoms with Crippen molar-refractivity contribution in [2.24, 2.45) is 5.92 Å². The van der Waals surface area contributed by atoms with Crippen LogP contribution in [0.4, 0.5) is 5.69 Å². The van der Waals surface area contributed by atoms with E-state index in [1.54, 1.807) is 13.2 Å². The number of benzene rings is 1. The van der Waals surface area contributed by atoms with Crippen molar-refractivity contribution in [3.05, 3.63) is 18.2 Å².